The minimum Gasteiger partial charge on any atom is -0.399 e. The molecule has 0 saturated carbocycles. The molecule has 15 heavy (non-hydrogen) atoms. The van der Waals surface area contributed by atoms with E-state index in [1.54, 1.807) is 0 Å². The van der Waals surface area contributed by atoms with E-state index < -0.39 is 0 Å². The molecule has 0 aliphatic carbocycles. The van der Waals surface area contributed by atoms with Gasteiger partial charge in [-0.15, -0.1) is 0 Å². The van der Waals surface area contributed by atoms with E-state index in [9.17, 15) is 4.39 Å². The zero-order chi connectivity index (χ0) is 11.3. The molecule has 0 saturated heterocycles. The first kappa shape index (κ1) is 12.0. The molecule has 2 nitrogen and oxygen atoms in total. The second-order valence-electron chi connectivity index (χ2n) is 4.00. The number of hydrogen-bond acceptors (Lipinski definition) is 2. The Morgan fingerprint density at radius 2 is 2.13 bits per heavy atom. The zero-order valence-electron chi connectivity index (χ0n) is 9.41. The maximum atomic E-state index is 12.3. The lowest BCUT2D eigenvalue weighted by Gasteiger charge is -2.25. The van der Waals surface area contributed by atoms with Crippen LogP contribution < -0.4 is 5.73 Å². The smallest absolute Gasteiger partial charge is 0.102 e. The first-order valence-electron chi connectivity index (χ1n) is 5.28. The fourth-order valence-electron chi connectivity index (χ4n) is 1.55. The van der Waals surface area contributed by atoms with E-state index in [1.807, 2.05) is 24.3 Å². The molecule has 0 aromatic heterocycles. The van der Waals surface area contributed by atoms with E-state index in [4.69, 9.17) is 5.73 Å². The van der Waals surface area contributed by atoms with E-state index in [1.165, 1.54) is 0 Å². The Bertz CT molecular complexity index is 299. The number of nitrogens with two attached hydrogens (primary N) is 1. The van der Waals surface area contributed by atoms with Gasteiger partial charge in [0.15, 0.2) is 0 Å². The fraction of sp³-hybridized carbons (Fsp3) is 0.500. The minimum absolute atomic E-state index is 0.305. The molecule has 0 atom stereocenters. The highest BCUT2D eigenvalue weighted by Gasteiger charge is 2.09. The van der Waals surface area contributed by atoms with E-state index in [-0.39, 0.29) is 6.67 Å². The van der Waals surface area contributed by atoms with Crippen LogP contribution in [0.5, 0.6) is 0 Å². The van der Waals surface area contributed by atoms with Gasteiger partial charge in [-0.3, -0.25) is 4.90 Å². The molecular weight excluding hydrogens is 191 g/mol. The molecule has 1 aromatic rings. The van der Waals surface area contributed by atoms with E-state index >= 15 is 0 Å². The van der Waals surface area contributed by atoms with Crippen molar-refractivity contribution in [1.29, 1.82) is 0 Å². The molecule has 0 fully saturated rings. The van der Waals surface area contributed by atoms with Crippen LogP contribution in [0, 0.1) is 0 Å². The topological polar surface area (TPSA) is 29.3 Å². The number of anilines is 1. The van der Waals surface area contributed by atoms with Gasteiger partial charge in [-0.05, 0) is 31.5 Å². The monoisotopic (exact) mass is 210 g/mol. The maximum Gasteiger partial charge on any atom is 0.102 e. The van der Waals surface area contributed by atoms with Crippen LogP contribution in [-0.4, -0.2) is 24.2 Å². The summed E-state index contributed by atoms with van der Waals surface area (Å²) in [7, 11) is 0. The first-order valence-corrected chi connectivity index (χ1v) is 5.28. The third kappa shape index (κ3) is 3.88. The SMILES string of the molecule is CC(C)N(CCF)Cc1cccc(N)c1. The third-order valence-electron chi connectivity index (χ3n) is 2.44. The van der Waals surface area contributed by atoms with Crippen molar-refractivity contribution in [1.82, 2.24) is 4.90 Å². The van der Waals surface area contributed by atoms with Crippen LogP contribution in [0.2, 0.25) is 0 Å². The van der Waals surface area contributed by atoms with E-state index in [0.717, 1.165) is 17.8 Å². The number of alkyl halides is 1. The van der Waals surface area contributed by atoms with Crippen molar-refractivity contribution < 1.29 is 4.39 Å². The second-order valence-corrected chi connectivity index (χ2v) is 4.00. The van der Waals surface area contributed by atoms with Crippen molar-refractivity contribution in [3.63, 3.8) is 0 Å². The van der Waals surface area contributed by atoms with Crippen molar-refractivity contribution in [2.45, 2.75) is 26.4 Å². The number of benzene rings is 1. The summed E-state index contributed by atoms with van der Waals surface area (Å²) in [4.78, 5) is 2.09. The van der Waals surface area contributed by atoms with Gasteiger partial charge in [0.2, 0.25) is 0 Å². The van der Waals surface area contributed by atoms with Crippen LogP contribution in [0.4, 0.5) is 10.1 Å². The van der Waals surface area contributed by atoms with Gasteiger partial charge in [-0.2, -0.15) is 0 Å². The quantitative estimate of drug-likeness (QED) is 0.756. The lowest BCUT2D eigenvalue weighted by molar-refractivity contribution is 0.195. The Morgan fingerprint density at radius 3 is 2.67 bits per heavy atom. The summed E-state index contributed by atoms with van der Waals surface area (Å²) in [5.41, 5.74) is 7.59. The highest BCUT2D eigenvalue weighted by molar-refractivity contribution is 5.40. The Morgan fingerprint density at radius 1 is 1.40 bits per heavy atom. The predicted octanol–water partition coefficient (Wildman–Crippen LogP) is 2.45. The number of nitrogen functional groups attached to an aromatic ring is 1. The van der Waals surface area contributed by atoms with E-state index in [2.05, 4.69) is 18.7 Å². The average molecular weight is 210 g/mol. The Labute approximate surface area is 90.9 Å². The van der Waals surface area contributed by atoms with Crippen molar-refractivity contribution in [3.8, 4) is 0 Å². The summed E-state index contributed by atoms with van der Waals surface area (Å²) >= 11 is 0. The van der Waals surface area contributed by atoms with Crippen molar-refractivity contribution in [2.24, 2.45) is 0 Å². The van der Waals surface area contributed by atoms with Crippen LogP contribution in [0.1, 0.15) is 19.4 Å². The van der Waals surface area contributed by atoms with Crippen LogP contribution in [0.3, 0.4) is 0 Å². The lowest BCUT2D eigenvalue weighted by Crippen LogP contribution is -2.32. The Balaban J connectivity index is 2.65. The van der Waals surface area contributed by atoms with Crippen LogP contribution in [0.25, 0.3) is 0 Å². The van der Waals surface area contributed by atoms with Crippen LogP contribution >= 0.6 is 0 Å². The summed E-state index contributed by atoms with van der Waals surface area (Å²) in [5.74, 6) is 0. The summed E-state index contributed by atoms with van der Waals surface area (Å²) < 4.78 is 12.3. The fourth-order valence-corrected chi connectivity index (χ4v) is 1.55. The Hall–Kier alpha value is -1.09. The van der Waals surface area contributed by atoms with Gasteiger partial charge in [-0.1, -0.05) is 12.1 Å². The summed E-state index contributed by atoms with van der Waals surface area (Å²) in [6, 6.07) is 8.09. The highest BCUT2D eigenvalue weighted by Crippen LogP contribution is 2.11. The molecule has 2 N–H and O–H groups in total. The summed E-state index contributed by atoms with van der Waals surface area (Å²) in [5, 5.41) is 0. The van der Waals surface area contributed by atoms with Gasteiger partial charge in [-0.25, -0.2) is 4.39 Å². The highest BCUT2D eigenvalue weighted by atomic mass is 19.1. The van der Waals surface area contributed by atoms with E-state index in [0.29, 0.717) is 12.6 Å². The minimum atomic E-state index is -0.305. The molecule has 3 heteroatoms. The van der Waals surface area contributed by atoms with Gasteiger partial charge in [0.1, 0.15) is 6.67 Å². The predicted molar refractivity (Wildman–Crippen MR) is 62.4 cm³/mol. The average Bonchev–Trinajstić information content (AvgIpc) is 2.17. The zero-order valence-corrected chi connectivity index (χ0v) is 9.41. The molecule has 0 bridgehead atoms. The summed E-state index contributed by atoms with van der Waals surface area (Å²) in [6.07, 6.45) is 0. The molecule has 84 valence electrons. The Kier molecular flexibility index (Phi) is 4.56. The van der Waals surface area contributed by atoms with Gasteiger partial charge in [0, 0.05) is 24.8 Å². The molecule has 1 aromatic carbocycles. The van der Waals surface area contributed by atoms with Gasteiger partial charge in [0.05, 0.1) is 0 Å². The standard InChI is InChI=1S/C12H19FN2/c1-10(2)15(7-6-13)9-11-4-3-5-12(14)8-11/h3-5,8,10H,6-7,9,14H2,1-2H3. The number of rotatable bonds is 5. The first-order chi connectivity index (χ1) is 7.13. The molecule has 0 aliphatic rings. The molecule has 0 heterocycles. The molecule has 0 spiro atoms. The molecular formula is C12H19FN2. The maximum absolute atomic E-state index is 12.3. The second kappa shape index (κ2) is 5.71. The molecule has 0 unspecified atom stereocenters. The van der Waals surface area contributed by atoms with Gasteiger partial charge in [0.25, 0.3) is 0 Å². The van der Waals surface area contributed by atoms with Crippen molar-refractivity contribution >= 4 is 5.69 Å². The van der Waals surface area contributed by atoms with Crippen LogP contribution in [0.15, 0.2) is 24.3 Å². The third-order valence-corrected chi connectivity index (χ3v) is 2.44. The number of nitrogens with zero attached hydrogens (tertiary/aromatic N) is 1. The number of halogens is 1. The van der Waals surface area contributed by atoms with Gasteiger partial charge >= 0.3 is 0 Å². The molecule has 0 amide bonds. The van der Waals surface area contributed by atoms with Crippen molar-refractivity contribution in [2.75, 3.05) is 19.0 Å². The van der Waals surface area contributed by atoms with Crippen molar-refractivity contribution in [3.05, 3.63) is 29.8 Å². The molecule has 0 radical (unpaired) electrons. The van der Waals surface area contributed by atoms with Crippen LogP contribution in [-0.2, 0) is 6.54 Å². The molecule has 1 rings (SSSR count). The lowest BCUT2D eigenvalue weighted by atomic mass is 10.1. The number of hydrogen-bond donors (Lipinski definition) is 1. The normalized spacial score (nSPS) is 11.3. The van der Waals surface area contributed by atoms with Gasteiger partial charge < -0.3 is 5.73 Å². The summed E-state index contributed by atoms with van der Waals surface area (Å²) in [6.45, 7) is 5.07. The largest absolute Gasteiger partial charge is 0.399 e. The molecule has 0 aliphatic heterocycles.